The number of hydrogen-bond acceptors (Lipinski definition) is 3. The molecule has 0 spiro atoms. The number of rotatable bonds is 4. The Labute approximate surface area is 250 Å². The van der Waals surface area contributed by atoms with Crippen molar-refractivity contribution in [2.24, 2.45) is 62.6 Å². The zero-order chi connectivity index (χ0) is 29.2. The molecule has 6 unspecified atom stereocenters. The molecular weight excluding hydrogens is 506 g/mol. The molecule has 3 aliphatic heterocycles. The summed E-state index contributed by atoms with van der Waals surface area (Å²) in [5.41, 5.74) is 2.45. The van der Waals surface area contributed by atoms with Gasteiger partial charge in [-0.1, -0.05) is 41.2 Å². The molecule has 3 heterocycles. The van der Waals surface area contributed by atoms with Gasteiger partial charge in [0.1, 0.15) is 19.2 Å². The van der Waals surface area contributed by atoms with Crippen molar-refractivity contribution in [2.45, 2.75) is 124 Å². The number of hydrogen-bond donors (Lipinski definition) is 3. The summed E-state index contributed by atoms with van der Waals surface area (Å²) in [6.07, 6.45) is 14.2. The zero-order valence-electron chi connectivity index (χ0n) is 27.1. The predicted octanol–water partition coefficient (Wildman–Crippen LogP) is 6.58. The highest BCUT2D eigenvalue weighted by Gasteiger charge is 2.71. The van der Waals surface area contributed by atoms with Crippen LogP contribution in [0.5, 0.6) is 0 Å². The fourth-order valence-electron chi connectivity index (χ4n) is 14.5. The molecule has 0 aromatic heterocycles. The van der Waals surface area contributed by atoms with Crippen molar-refractivity contribution in [1.29, 1.82) is 0 Å². The SMILES string of the molecule is C=C(C[N+]12CCC(CC1)C(O)C2)C1CC[C@]2(CO)CC[C@]3(C)C(CCC4[C@@]5(C)CC[C@H](O)C(C)(C)C5CC[C@]43C)C12. The first-order valence-corrected chi connectivity index (χ1v) is 17.8. The van der Waals surface area contributed by atoms with E-state index in [4.69, 9.17) is 6.58 Å². The average Bonchev–Trinajstić information content (AvgIpc) is 3.32. The Morgan fingerprint density at radius 2 is 1.51 bits per heavy atom. The van der Waals surface area contributed by atoms with Gasteiger partial charge in [0, 0.05) is 25.4 Å². The summed E-state index contributed by atoms with van der Waals surface area (Å²) in [7, 11) is 0. The number of quaternary nitrogens is 1. The monoisotopic (exact) mass is 568 g/mol. The Hall–Kier alpha value is -0.420. The summed E-state index contributed by atoms with van der Waals surface area (Å²) in [6, 6.07) is 0. The lowest BCUT2D eigenvalue weighted by Crippen LogP contribution is -2.67. The van der Waals surface area contributed by atoms with Gasteiger partial charge in [0.15, 0.2) is 0 Å². The van der Waals surface area contributed by atoms with Crippen LogP contribution >= 0.6 is 0 Å². The molecular formula is C37H62NO3+. The lowest BCUT2D eigenvalue weighted by Gasteiger charge is -2.73. The molecule has 11 atom stereocenters. The molecule has 3 N–H and O–H groups in total. The highest BCUT2D eigenvalue weighted by atomic mass is 16.3. The van der Waals surface area contributed by atoms with Gasteiger partial charge in [0.2, 0.25) is 0 Å². The molecule has 0 amide bonds. The van der Waals surface area contributed by atoms with Crippen molar-refractivity contribution >= 4 is 0 Å². The molecule has 4 heteroatoms. The van der Waals surface area contributed by atoms with E-state index in [-0.39, 0.29) is 23.0 Å². The lowest BCUT2D eigenvalue weighted by atomic mass is 9.32. The normalized spacial score (nSPS) is 57.3. The van der Waals surface area contributed by atoms with Crippen LogP contribution in [-0.2, 0) is 0 Å². The minimum Gasteiger partial charge on any atom is -0.396 e. The van der Waals surface area contributed by atoms with Gasteiger partial charge in [-0.15, -0.1) is 0 Å². The summed E-state index contributed by atoms with van der Waals surface area (Å²) in [5, 5.41) is 32.9. The minimum absolute atomic E-state index is 0.00246. The predicted molar refractivity (Wildman–Crippen MR) is 165 cm³/mol. The maximum atomic E-state index is 11.1. The number of aliphatic hydroxyl groups is 3. The van der Waals surface area contributed by atoms with Crippen LogP contribution in [0.3, 0.4) is 0 Å². The van der Waals surface area contributed by atoms with Crippen molar-refractivity contribution in [3.05, 3.63) is 12.2 Å². The van der Waals surface area contributed by atoms with E-state index >= 15 is 0 Å². The van der Waals surface area contributed by atoms with E-state index in [2.05, 4.69) is 34.6 Å². The van der Waals surface area contributed by atoms with Gasteiger partial charge in [-0.2, -0.15) is 0 Å². The molecule has 8 fully saturated rings. The van der Waals surface area contributed by atoms with E-state index in [9.17, 15) is 15.3 Å². The second kappa shape index (κ2) is 9.30. The Balaban J connectivity index is 1.20. The van der Waals surface area contributed by atoms with Crippen LogP contribution in [0.15, 0.2) is 12.2 Å². The first-order valence-electron chi connectivity index (χ1n) is 17.8. The van der Waals surface area contributed by atoms with E-state index in [1.54, 1.807) is 0 Å². The van der Waals surface area contributed by atoms with Crippen LogP contribution in [0.25, 0.3) is 0 Å². The molecule has 232 valence electrons. The summed E-state index contributed by atoms with van der Waals surface area (Å²) in [6.45, 7) is 22.4. The number of nitrogens with zero attached hydrogens (tertiary/aromatic N) is 1. The standard InChI is InChI=1S/C37H62NO3/c1-24(21-38-19-12-25(13-20-38)28(40)22-38)26-9-16-37(23-39)18-17-35(5)27(32(26)37)7-8-30-34(4)14-11-31(41)33(2,3)29(34)10-15-36(30,35)6/h25-32,39-41H,1,7-23H2,2-6H3/q+1/t25?,26?,27?,28?,29?,30?,31-,32?,34-,35+,36+,37+,38?/m0/s1. The summed E-state index contributed by atoms with van der Waals surface area (Å²) < 4.78 is 1.06. The molecule has 5 aliphatic carbocycles. The minimum atomic E-state index is -0.167. The van der Waals surface area contributed by atoms with Crippen molar-refractivity contribution in [1.82, 2.24) is 0 Å². The van der Waals surface area contributed by atoms with Gasteiger partial charge in [-0.3, -0.25) is 0 Å². The number of fused-ring (bicyclic) bond motifs is 10. The highest BCUT2D eigenvalue weighted by Crippen LogP contribution is 2.77. The molecule has 8 rings (SSSR count). The third kappa shape index (κ3) is 3.78. The van der Waals surface area contributed by atoms with Gasteiger partial charge in [-0.25, -0.2) is 0 Å². The molecule has 0 aromatic carbocycles. The third-order valence-electron chi connectivity index (χ3n) is 17.0. The Morgan fingerprint density at radius 3 is 2.20 bits per heavy atom. The van der Waals surface area contributed by atoms with E-state index in [0.717, 1.165) is 29.9 Å². The van der Waals surface area contributed by atoms with E-state index in [1.807, 2.05) is 0 Å². The van der Waals surface area contributed by atoms with Crippen LogP contribution in [0.1, 0.15) is 112 Å². The highest BCUT2D eigenvalue weighted by molar-refractivity contribution is 5.22. The van der Waals surface area contributed by atoms with Gasteiger partial charge >= 0.3 is 0 Å². The summed E-state index contributed by atoms with van der Waals surface area (Å²) >= 11 is 0. The van der Waals surface area contributed by atoms with Crippen LogP contribution in [0.4, 0.5) is 0 Å². The summed E-state index contributed by atoms with van der Waals surface area (Å²) in [5.74, 6) is 3.59. The molecule has 4 nitrogen and oxygen atoms in total. The maximum Gasteiger partial charge on any atom is 0.106 e. The molecule has 41 heavy (non-hydrogen) atoms. The Kier molecular flexibility index (Phi) is 6.65. The van der Waals surface area contributed by atoms with E-state index in [1.165, 1.54) is 89.3 Å². The lowest BCUT2D eigenvalue weighted by molar-refractivity contribution is -0.942. The molecule has 0 radical (unpaired) electrons. The second-order valence-electron chi connectivity index (χ2n) is 18.4. The average molecular weight is 569 g/mol. The van der Waals surface area contributed by atoms with Gasteiger partial charge in [0.25, 0.3) is 0 Å². The number of aliphatic hydroxyl groups excluding tert-OH is 3. The zero-order valence-corrected chi connectivity index (χ0v) is 27.1. The smallest absolute Gasteiger partial charge is 0.106 e. The van der Waals surface area contributed by atoms with E-state index in [0.29, 0.717) is 52.4 Å². The first kappa shape index (κ1) is 29.3. The van der Waals surface area contributed by atoms with Crippen molar-refractivity contribution in [3.8, 4) is 0 Å². The van der Waals surface area contributed by atoms with Crippen LogP contribution in [0.2, 0.25) is 0 Å². The topological polar surface area (TPSA) is 60.7 Å². The van der Waals surface area contributed by atoms with Crippen molar-refractivity contribution in [2.75, 3.05) is 32.8 Å². The van der Waals surface area contributed by atoms with E-state index < -0.39 is 0 Å². The van der Waals surface area contributed by atoms with Crippen LogP contribution < -0.4 is 0 Å². The fourth-order valence-corrected chi connectivity index (χ4v) is 14.5. The number of piperidine rings is 3. The Bertz CT molecular complexity index is 1060. The largest absolute Gasteiger partial charge is 0.396 e. The van der Waals surface area contributed by atoms with Crippen LogP contribution in [0, 0.1) is 62.6 Å². The second-order valence-corrected chi connectivity index (χ2v) is 18.4. The Morgan fingerprint density at radius 1 is 0.780 bits per heavy atom. The summed E-state index contributed by atoms with van der Waals surface area (Å²) in [4.78, 5) is 0. The third-order valence-corrected chi connectivity index (χ3v) is 17.0. The maximum absolute atomic E-state index is 11.1. The molecule has 3 saturated heterocycles. The van der Waals surface area contributed by atoms with Gasteiger partial charge in [0.05, 0.1) is 19.2 Å². The van der Waals surface area contributed by atoms with Crippen LogP contribution in [-0.4, -0.2) is 64.8 Å². The van der Waals surface area contributed by atoms with Gasteiger partial charge < -0.3 is 19.8 Å². The van der Waals surface area contributed by atoms with Gasteiger partial charge in [-0.05, 0) is 126 Å². The molecule has 8 aliphatic rings. The molecule has 2 bridgehead atoms. The quantitative estimate of drug-likeness (QED) is 0.265. The fraction of sp³-hybridized carbons (Fsp3) is 0.946. The van der Waals surface area contributed by atoms with Crippen molar-refractivity contribution in [3.63, 3.8) is 0 Å². The first-order chi connectivity index (χ1) is 19.3. The molecule has 0 aromatic rings. The molecule has 5 saturated carbocycles. The van der Waals surface area contributed by atoms with Crippen molar-refractivity contribution < 1.29 is 19.8 Å².